The zero-order valence-electron chi connectivity index (χ0n) is 44.9. The molecule has 0 saturated carbocycles. The normalized spacial score (nSPS) is 13.1. The highest BCUT2D eigenvalue weighted by Crippen LogP contribution is 2.11. The molecule has 6 heteroatoms. The number of esters is 3. The Morgan fingerprint density at radius 3 is 0.915 bits per heavy atom. The first kappa shape index (κ1) is 65.8. The summed E-state index contributed by atoms with van der Waals surface area (Å²) in [5, 5.41) is 0. The second-order valence-electron chi connectivity index (χ2n) is 17.4. The monoisotopic (exact) mass is 975 g/mol. The lowest BCUT2D eigenvalue weighted by Gasteiger charge is -2.18. The first-order valence-electron chi connectivity index (χ1n) is 27.6. The van der Waals surface area contributed by atoms with Gasteiger partial charge in [-0.3, -0.25) is 14.4 Å². The average molecular weight is 975 g/mol. The van der Waals surface area contributed by atoms with Crippen LogP contribution < -0.4 is 0 Å². The number of hydrogen-bond acceptors (Lipinski definition) is 6. The van der Waals surface area contributed by atoms with Crippen LogP contribution in [-0.2, 0) is 28.6 Å². The number of hydrogen-bond donors (Lipinski definition) is 0. The fourth-order valence-electron chi connectivity index (χ4n) is 6.64. The molecule has 394 valence electrons. The summed E-state index contributed by atoms with van der Waals surface area (Å²) in [7, 11) is 0. The van der Waals surface area contributed by atoms with E-state index in [2.05, 4.69) is 167 Å². The minimum absolute atomic E-state index is 0.156. The van der Waals surface area contributed by atoms with Crippen molar-refractivity contribution in [2.75, 3.05) is 13.2 Å². The predicted octanol–water partition coefficient (Wildman–Crippen LogP) is 18.8. The van der Waals surface area contributed by atoms with Crippen LogP contribution in [-0.4, -0.2) is 37.2 Å². The van der Waals surface area contributed by atoms with Crippen molar-refractivity contribution in [3.8, 4) is 0 Å². The Hall–Kier alpha value is -5.23. The molecular weight excluding hydrogens is 877 g/mol. The van der Waals surface area contributed by atoms with E-state index < -0.39 is 6.10 Å². The molecule has 0 amide bonds. The molecule has 0 aliphatic carbocycles. The molecule has 0 fully saturated rings. The maximum absolute atomic E-state index is 12.8. The Labute approximate surface area is 434 Å². The molecule has 0 aliphatic rings. The van der Waals surface area contributed by atoms with Gasteiger partial charge in [-0.1, -0.05) is 223 Å². The second kappa shape index (κ2) is 57.3. The van der Waals surface area contributed by atoms with Gasteiger partial charge in [0.15, 0.2) is 6.10 Å². The van der Waals surface area contributed by atoms with Gasteiger partial charge in [0, 0.05) is 19.3 Å². The molecule has 0 aromatic carbocycles. The molecule has 71 heavy (non-hydrogen) atoms. The molecule has 0 heterocycles. The maximum Gasteiger partial charge on any atom is 0.306 e. The molecule has 6 nitrogen and oxygen atoms in total. The first-order valence-corrected chi connectivity index (χ1v) is 27.6. The van der Waals surface area contributed by atoms with E-state index in [-0.39, 0.29) is 50.4 Å². The largest absolute Gasteiger partial charge is 0.462 e. The Bertz CT molecular complexity index is 1590. The van der Waals surface area contributed by atoms with Crippen LogP contribution >= 0.6 is 0 Å². The van der Waals surface area contributed by atoms with Crippen LogP contribution in [0.1, 0.15) is 201 Å². The molecule has 0 bridgehead atoms. The topological polar surface area (TPSA) is 78.9 Å². The molecule has 0 spiro atoms. The van der Waals surface area contributed by atoms with Gasteiger partial charge < -0.3 is 14.2 Å². The molecule has 0 radical (unpaired) electrons. The van der Waals surface area contributed by atoms with Crippen LogP contribution in [0.4, 0.5) is 0 Å². The zero-order valence-corrected chi connectivity index (χ0v) is 44.9. The predicted molar refractivity (Wildman–Crippen MR) is 306 cm³/mol. The van der Waals surface area contributed by atoms with Crippen molar-refractivity contribution < 1.29 is 28.6 Å². The highest BCUT2D eigenvalue weighted by Gasteiger charge is 2.19. The highest BCUT2D eigenvalue weighted by atomic mass is 16.6. The van der Waals surface area contributed by atoms with Crippen molar-refractivity contribution >= 4 is 17.9 Å². The van der Waals surface area contributed by atoms with Crippen molar-refractivity contribution in [2.24, 2.45) is 0 Å². The van der Waals surface area contributed by atoms with E-state index in [0.29, 0.717) is 12.8 Å². The molecule has 0 saturated heterocycles. The van der Waals surface area contributed by atoms with Gasteiger partial charge >= 0.3 is 17.9 Å². The first-order chi connectivity index (χ1) is 35.0. The molecule has 0 aromatic rings. The van der Waals surface area contributed by atoms with E-state index in [9.17, 15) is 14.4 Å². The summed E-state index contributed by atoms with van der Waals surface area (Å²) in [6.07, 6.45) is 85.0. The fourth-order valence-corrected chi connectivity index (χ4v) is 6.64. The van der Waals surface area contributed by atoms with Gasteiger partial charge in [0.25, 0.3) is 0 Å². The van der Waals surface area contributed by atoms with E-state index in [4.69, 9.17) is 14.2 Å². The van der Waals surface area contributed by atoms with Gasteiger partial charge in [0.05, 0.1) is 0 Å². The summed E-state index contributed by atoms with van der Waals surface area (Å²) in [6, 6.07) is 0. The summed E-state index contributed by atoms with van der Waals surface area (Å²) >= 11 is 0. The SMILES string of the molecule is CC/C=C\C/C=C\C/C=C\C/C=C\C/C=C\C/C=C\CCC(=O)OCC(COC(=O)CC/C=C\C/C=C\C/C=C\C/C=C\C/C=C\C/C=C\CC)OC(=O)CCCCCCC/C=C\C/C=C\CCCCC. The average Bonchev–Trinajstić information content (AvgIpc) is 3.37. The van der Waals surface area contributed by atoms with E-state index >= 15 is 0 Å². The quantitative estimate of drug-likeness (QED) is 0.0262. The number of rotatable bonds is 47. The third-order valence-corrected chi connectivity index (χ3v) is 10.7. The summed E-state index contributed by atoms with van der Waals surface area (Å²) in [5.41, 5.74) is 0. The Kier molecular flexibility index (Phi) is 53.1. The van der Waals surface area contributed by atoms with Crippen LogP contribution in [0, 0.1) is 0 Å². The van der Waals surface area contributed by atoms with Gasteiger partial charge in [-0.05, 0) is 128 Å². The third-order valence-electron chi connectivity index (χ3n) is 10.7. The van der Waals surface area contributed by atoms with Crippen LogP contribution in [0.2, 0.25) is 0 Å². The van der Waals surface area contributed by atoms with E-state index in [1.807, 2.05) is 24.3 Å². The summed E-state index contributed by atoms with van der Waals surface area (Å²) in [6.45, 7) is 6.21. The molecule has 0 rings (SSSR count). The van der Waals surface area contributed by atoms with E-state index in [1.54, 1.807) is 0 Å². The lowest BCUT2D eigenvalue weighted by Crippen LogP contribution is -2.30. The standard InChI is InChI=1S/C65H98O6/c1-4-7-10-13-16-19-22-25-28-30-32-34-37-39-42-45-48-51-54-57-63(66)69-60-62(71-65(68)59-56-53-50-47-44-41-36-27-24-21-18-15-12-9-6-3)61-70-64(67)58-55-52-49-46-43-40-38-35-33-31-29-26-23-20-17-14-11-8-5-2/h7-8,10-11,16-21,25-29,32-36,39-40,42-43,48-49,51-52,62H,4-6,9,12-15,22-24,30-31,37-38,41,44-47,50,53-61H2,1-3H3/b10-7-,11-8-,19-16-,20-17-,21-18-,28-25-,29-26-,34-32-,35-33-,36-27-,42-39-,43-40-,51-48-,52-49-. The van der Waals surface area contributed by atoms with Gasteiger partial charge in [-0.15, -0.1) is 0 Å². The van der Waals surface area contributed by atoms with Crippen molar-refractivity contribution in [2.45, 2.75) is 207 Å². The maximum atomic E-state index is 12.8. The van der Waals surface area contributed by atoms with Crippen LogP contribution in [0.15, 0.2) is 170 Å². The summed E-state index contributed by atoms with van der Waals surface area (Å²) < 4.78 is 16.7. The van der Waals surface area contributed by atoms with Crippen molar-refractivity contribution in [3.63, 3.8) is 0 Å². The number of carbonyl (C=O) groups is 3. The smallest absolute Gasteiger partial charge is 0.306 e. The van der Waals surface area contributed by atoms with Crippen molar-refractivity contribution in [1.82, 2.24) is 0 Å². The third kappa shape index (κ3) is 55.6. The Balaban J connectivity index is 4.67. The van der Waals surface area contributed by atoms with Crippen LogP contribution in [0.25, 0.3) is 0 Å². The van der Waals surface area contributed by atoms with Gasteiger partial charge in [0.2, 0.25) is 0 Å². The zero-order chi connectivity index (χ0) is 51.4. The summed E-state index contributed by atoms with van der Waals surface area (Å²) in [4.78, 5) is 38.1. The summed E-state index contributed by atoms with van der Waals surface area (Å²) in [5.74, 6) is -1.14. The Morgan fingerprint density at radius 2 is 0.577 bits per heavy atom. The molecule has 0 aromatic heterocycles. The van der Waals surface area contributed by atoms with Gasteiger partial charge in [0.1, 0.15) is 13.2 Å². The lowest BCUT2D eigenvalue weighted by molar-refractivity contribution is -0.166. The van der Waals surface area contributed by atoms with E-state index in [0.717, 1.165) is 122 Å². The molecular formula is C65H98O6. The number of allylic oxidation sites excluding steroid dienone is 28. The lowest BCUT2D eigenvalue weighted by atomic mass is 10.1. The number of unbranched alkanes of at least 4 members (excludes halogenated alkanes) is 8. The number of carbonyl (C=O) groups excluding carboxylic acids is 3. The molecule has 0 atom stereocenters. The van der Waals surface area contributed by atoms with Crippen LogP contribution in [0.5, 0.6) is 0 Å². The fraction of sp³-hybridized carbons (Fsp3) is 0.523. The minimum atomic E-state index is -0.856. The van der Waals surface area contributed by atoms with Crippen LogP contribution in [0.3, 0.4) is 0 Å². The molecule has 0 aliphatic heterocycles. The van der Waals surface area contributed by atoms with Gasteiger partial charge in [-0.25, -0.2) is 0 Å². The molecule has 0 unspecified atom stereocenters. The molecule has 0 N–H and O–H groups in total. The minimum Gasteiger partial charge on any atom is -0.462 e. The highest BCUT2D eigenvalue weighted by molar-refractivity contribution is 5.71. The van der Waals surface area contributed by atoms with Crippen molar-refractivity contribution in [3.05, 3.63) is 170 Å². The second-order valence-corrected chi connectivity index (χ2v) is 17.4. The van der Waals surface area contributed by atoms with Crippen molar-refractivity contribution in [1.29, 1.82) is 0 Å². The Morgan fingerprint density at radius 1 is 0.296 bits per heavy atom. The van der Waals surface area contributed by atoms with E-state index in [1.165, 1.54) is 25.7 Å². The van der Waals surface area contributed by atoms with Gasteiger partial charge in [-0.2, -0.15) is 0 Å². The number of ether oxygens (including phenoxy) is 3.